The van der Waals surface area contributed by atoms with E-state index in [0.717, 1.165) is 19.6 Å². The largest absolute Gasteiger partial charge is 0.508 e. The average molecular weight is 518 g/mol. The molecule has 1 aromatic carbocycles. The van der Waals surface area contributed by atoms with Crippen LogP contribution < -0.4 is 21.7 Å². The normalized spacial score (nSPS) is 21.1. The second kappa shape index (κ2) is 13.4. The quantitative estimate of drug-likeness (QED) is 0.226. The molecule has 11 nitrogen and oxygen atoms in total. The predicted octanol–water partition coefficient (Wildman–Crippen LogP) is -0.195. The molecule has 2 heterocycles. The number of likely N-dealkylation sites (tertiary alicyclic amines) is 1. The topological polar surface area (TPSA) is 166 Å². The van der Waals surface area contributed by atoms with Crippen LogP contribution in [0.5, 0.6) is 5.75 Å². The van der Waals surface area contributed by atoms with Crippen molar-refractivity contribution in [2.24, 2.45) is 11.7 Å². The molecular formula is C26H39N5O6. The fourth-order valence-corrected chi connectivity index (χ4v) is 4.45. The molecule has 0 radical (unpaired) electrons. The third-order valence-corrected chi connectivity index (χ3v) is 6.56. The molecule has 37 heavy (non-hydrogen) atoms. The minimum atomic E-state index is -1.00. The number of ether oxygens (including phenoxy) is 1. The number of primary amides is 1. The average Bonchev–Trinajstić information content (AvgIpc) is 3.66. The van der Waals surface area contributed by atoms with E-state index in [0.29, 0.717) is 18.5 Å². The number of epoxide rings is 1. The van der Waals surface area contributed by atoms with Crippen molar-refractivity contribution in [3.8, 4) is 5.75 Å². The second-order valence-electron chi connectivity index (χ2n) is 10.2. The third-order valence-electron chi connectivity index (χ3n) is 6.56. The summed E-state index contributed by atoms with van der Waals surface area (Å²) < 4.78 is 5.31. The van der Waals surface area contributed by atoms with Gasteiger partial charge in [0.1, 0.15) is 17.8 Å². The van der Waals surface area contributed by atoms with Crippen LogP contribution in [-0.2, 0) is 30.3 Å². The zero-order valence-electron chi connectivity index (χ0n) is 21.6. The van der Waals surface area contributed by atoms with Gasteiger partial charge in [-0.3, -0.25) is 19.2 Å². The van der Waals surface area contributed by atoms with Gasteiger partial charge in [-0.1, -0.05) is 32.4 Å². The van der Waals surface area contributed by atoms with Crippen molar-refractivity contribution in [1.29, 1.82) is 0 Å². The Balaban J connectivity index is 1.50. The Hall–Kier alpha value is -3.18. The number of carbonyl (C=O) groups excluding carboxylic acids is 4. The maximum Gasteiger partial charge on any atom is 0.253 e. The highest BCUT2D eigenvalue weighted by Crippen LogP contribution is 2.23. The molecule has 0 aliphatic carbocycles. The fraction of sp³-hybridized carbons (Fsp3) is 0.615. The Morgan fingerprint density at radius 1 is 1.00 bits per heavy atom. The molecule has 3 rings (SSSR count). The molecule has 1 aromatic rings. The molecule has 6 N–H and O–H groups in total. The molecule has 2 fully saturated rings. The Morgan fingerprint density at radius 2 is 1.65 bits per heavy atom. The number of phenols is 1. The van der Waals surface area contributed by atoms with Crippen LogP contribution in [0, 0.1) is 5.92 Å². The molecule has 4 atom stereocenters. The predicted molar refractivity (Wildman–Crippen MR) is 136 cm³/mol. The van der Waals surface area contributed by atoms with Crippen LogP contribution in [0.25, 0.3) is 0 Å². The van der Waals surface area contributed by atoms with Crippen molar-refractivity contribution in [2.75, 3.05) is 26.2 Å². The van der Waals surface area contributed by atoms with Gasteiger partial charge >= 0.3 is 0 Å². The first-order valence-electron chi connectivity index (χ1n) is 13.0. The molecule has 1 unspecified atom stereocenters. The molecule has 2 aliphatic rings. The van der Waals surface area contributed by atoms with Crippen LogP contribution in [0.1, 0.15) is 45.1 Å². The zero-order valence-corrected chi connectivity index (χ0v) is 21.6. The van der Waals surface area contributed by atoms with Crippen molar-refractivity contribution < 1.29 is 29.0 Å². The Morgan fingerprint density at radius 3 is 2.27 bits per heavy atom. The number of nitrogens with two attached hydrogens (primary N) is 1. The van der Waals surface area contributed by atoms with E-state index < -0.39 is 42.0 Å². The van der Waals surface area contributed by atoms with Crippen molar-refractivity contribution in [1.82, 2.24) is 20.9 Å². The Bertz CT molecular complexity index is 947. The number of rotatable bonds is 13. The van der Waals surface area contributed by atoms with E-state index in [2.05, 4.69) is 20.9 Å². The highest BCUT2D eigenvalue weighted by Gasteiger charge is 2.51. The van der Waals surface area contributed by atoms with Crippen molar-refractivity contribution in [3.05, 3.63) is 29.8 Å². The Kier molecular flexibility index (Phi) is 10.3. The van der Waals surface area contributed by atoms with E-state index in [1.54, 1.807) is 12.1 Å². The van der Waals surface area contributed by atoms with Crippen LogP contribution >= 0.6 is 0 Å². The summed E-state index contributed by atoms with van der Waals surface area (Å²) in [6.45, 7) is 7.12. The lowest BCUT2D eigenvalue weighted by molar-refractivity contribution is -0.132. The number of phenolic OH excluding ortho intramolecular Hbond substituents is 1. The Labute approximate surface area is 217 Å². The van der Waals surface area contributed by atoms with Gasteiger partial charge in [-0.15, -0.1) is 0 Å². The maximum atomic E-state index is 13.0. The van der Waals surface area contributed by atoms with Crippen LogP contribution in [0.2, 0.25) is 0 Å². The van der Waals surface area contributed by atoms with Crippen LogP contribution in [0.3, 0.4) is 0 Å². The summed E-state index contributed by atoms with van der Waals surface area (Å²) >= 11 is 0. The highest BCUT2D eigenvalue weighted by molar-refractivity contribution is 5.97. The minimum absolute atomic E-state index is 0.0641. The fourth-order valence-electron chi connectivity index (χ4n) is 4.45. The number of nitrogens with zero attached hydrogens (tertiary/aromatic N) is 1. The monoisotopic (exact) mass is 517 g/mol. The standard InChI is InChI=1S/C26H39N5O6/c1-16(2)14-20(24(34)29-19(23(27)33)15-17-6-8-18(32)9-7-17)30-26(36)22-21(37-22)25(35)28-10-13-31-11-4-3-5-12-31/h6-9,16,19-22,32H,3-5,10-15H2,1-2H3,(H2,27,33)(H,28,35)(H,29,34)(H,30,36)/t19-,20-,21?,22-/m0/s1. The van der Waals surface area contributed by atoms with Crippen molar-refractivity contribution in [3.63, 3.8) is 0 Å². The molecule has 0 bridgehead atoms. The summed E-state index contributed by atoms with van der Waals surface area (Å²) in [6, 6.07) is 4.29. The lowest BCUT2D eigenvalue weighted by Crippen LogP contribution is -2.54. The number of amides is 4. The van der Waals surface area contributed by atoms with E-state index in [1.807, 2.05) is 13.8 Å². The summed E-state index contributed by atoms with van der Waals surface area (Å²) in [5.41, 5.74) is 6.21. The van der Waals surface area contributed by atoms with Gasteiger partial charge in [0.15, 0.2) is 12.2 Å². The van der Waals surface area contributed by atoms with Gasteiger partial charge in [0.2, 0.25) is 11.8 Å². The minimum Gasteiger partial charge on any atom is -0.508 e. The molecule has 2 aliphatic heterocycles. The number of aromatic hydroxyl groups is 1. The lowest BCUT2D eigenvalue weighted by Gasteiger charge is -2.26. The number of hydrogen-bond donors (Lipinski definition) is 5. The number of carbonyl (C=O) groups is 4. The number of hydrogen-bond acceptors (Lipinski definition) is 7. The number of nitrogens with one attached hydrogen (secondary N) is 3. The number of piperidine rings is 1. The third kappa shape index (κ3) is 9.01. The highest BCUT2D eigenvalue weighted by atomic mass is 16.6. The molecule has 204 valence electrons. The zero-order chi connectivity index (χ0) is 26.9. The maximum absolute atomic E-state index is 13.0. The first-order chi connectivity index (χ1) is 17.6. The van der Waals surface area contributed by atoms with E-state index >= 15 is 0 Å². The lowest BCUT2D eigenvalue weighted by atomic mass is 10.0. The van der Waals surface area contributed by atoms with Gasteiger partial charge in [-0.05, 0) is 56.0 Å². The molecule has 0 saturated carbocycles. The van der Waals surface area contributed by atoms with Crippen LogP contribution in [0.15, 0.2) is 24.3 Å². The SMILES string of the molecule is CC(C)C[C@H](NC(=O)[C@H]1OC1C(=O)NCCN1CCCCC1)C(=O)N[C@@H](Cc1ccc(O)cc1)C(N)=O. The summed E-state index contributed by atoms with van der Waals surface area (Å²) in [7, 11) is 0. The smallest absolute Gasteiger partial charge is 0.253 e. The van der Waals surface area contributed by atoms with Gasteiger partial charge < -0.3 is 36.4 Å². The van der Waals surface area contributed by atoms with E-state index in [-0.39, 0.29) is 24.0 Å². The summed E-state index contributed by atoms with van der Waals surface area (Å²) in [5.74, 6) is -2.01. The van der Waals surface area contributed by atoms with Gasteiger partial charge in [0.25, 0.3) is 11.8 Å². The van der Waals surface area contributed by atoms with E-state index in [1.165, 1.54) is 31.4 Å². The molecule has 0 aromatic heterocycles. The molecule has 11 heteroatoms. The molecule has 4 amide bonds. The van der Waals surface area contributed by atoms with Crippen molar-refractivity contribution in [2.45, 2.75) is 70.2 Å². The van der Waals surface area contributed by atoms with Gasteiger partial charge in [0.05, 0.1) is 0 Å². The van der Waals surface area contributed by atoms with E-state index in [4.69, 9.17) is 10.5 Å². The first-order valence-corrected chi connectivity index (χ1v) is 13.0. The molecule has 2 saturated heterocycles. The van der Waals surface area contributed by atoms with Gasteiger partial charge in [-0.25, -0.2) is 0 Å². The number of benzene rings is 1. The molecule has 0 spiro atoms. The van der Waals surface area contributed by atoms with Crippen LogP contribution in [0.4, 0.5) is 0 Å². The summed E-state index contributed by atoms with van der Waals surface area (Å²) in [4.78, 5) is 52.5. The first kappa shape index (κ1) is 28.4. The summed E-state index contributed by atoms with van der Waals surface area (Å²) in [6.07, 6.45) is 2.20. The van der Waals surface area contributed by atoms with Crippen molar-refractivity contribution >= 4 is 23.6 Å². The van der Waals surface area contributed by atoms with Gasteiger partial charge in [-0.2, -0.15) is 0 Å². The van der Waals surface area contributed by atoms with Crippen LogP contribution in [-0.4, -0.2) is 84.1 Å². The summed E-state index contributed by atoms with van der Waals surface area (Å²) in [5, 5.41) is 17.6. The van der Waals surface area contributed by atoms with Gasteiger partial charge in [0, 0.05) is 19.5 Å². The second-order valence-corrected chi connectivity index (χ2v) is 10.2. The van der Waals surface area contributed by atoms with E-state index in [9.17, 15) is 24.3 Å². The molecular weight excluding hydrogens is 478 g/mol.